The van der Waals surface area contributed by atoms with Gasteiger partial charge in [0.05, 0.1) is 12.6 Å². The summed E-state index contributed by atoms with van der Waals surface area (Å²) in [5.74, 6) is -0.00350. The van der Waals surface area contributed by atoms with E-state index in [-0.39, 0.29) is 24.4 Å². The molecule has 1 aliphatic rings. The Bertz CT molecular complexity index is 502. The summed E-state index contributed by atoms with van der Waals surface area (Å²) in [7, 11) is 3.96. The van der Waals surface area contributed by atoms with E-state index in [2.05, 4.69) is 5.32 Å². The SMILES string of the molecule is CN(C)CC(NC(=O)CN1CCCCC1=O)c1ccccc1. The number of likely N-dealkylation sites (tertiary alicyclic amines) is 1. The number of hydrogen-bond acceptors (Lipinski definition) is 3. The first kappa shape index (κ1) is 16.5. The number of rotatable bonds is 6. The standard InChI is InChI=1S/C17H25N3O2/c1-19(2)12-15(14-8-4-3-5-9-14)18-16(21)13-20-11-7-6-10-17(20)22/h3-5,8-9,15H,6-7,10-13H2,1-2H3,(H,18,21). The highest BCUT2D eigenvalue weighted by atomic mass is 16.2. The van der Waals surface area contributed by atoms with Crippen LogP contribution in [0.5, 0.6) is 0 Å². The van der Waals surface area contributed by atoms with E-state index in [1.165, 1.54) is 0 Å². The second-order valence-corrected chi connectivity index (χ2v) is 6.07. The molecule has 1 aliphatic heterocycles. The maximum absolute atomic E-state index is 12.3. The summed E-state index contributed by atoms with van der Waals surface area (Å²) in [4.78, 5) is 27.8. The highest BCUT2D eigenvalue weighted by Gasteiger charge is 2.22. The minimum absolute atomic E-state index is 0.0661. The van der Waals surface area contributed by atoms with Crippen molar-refractivity contribution in [3.8, 4) is 0 Å². The average Bonchev–Trinajstić information content (AvgIpc) is 2.49. The van der Waals surface area contributed by atoms with E-state index in [0.717, 1.165) is 24.9 Å². The third kappa shape index (κ3) is 4.84. The van der Waals surface area contributed by atoms with Crippen molar-refractivity contribution in [2.45, 2.75) is 25.3 Å². The van der Waals surface area contributed by atoms with E-state index < -0.39 is 0 Å². The van der Waals surface area contributed by atoms with Crippen LogP contribution in [0.4, 0.5) is 0 Å². The highest BCUT2D eigenvalue weighted by molar-refractivity contribution is 5.85. The molecule has 120 valence electrons. The monoisotopic (exact) mass is 303 g/mol. The molecule has 1 fully saturated rings. The van der Waals surface area contributed by atoms with Crippen molar-refractivity contribution >= 4 is 11.8 Å². The second-order valence-electron chi connectivity index (χ2n) is 6.07. The Morgan fingerprint density at radius 2 is 2.00 bits per heavy atom. The minimum Gasteiger partial charge on any atom is -0.346 e. The third-order valence-corrected chi connectivity index (χ3v) is 3.84. The number of carbonyl (C=O) groups excluding carboxylic acids is 2. The quantitative estimate of drug-likeness (QED) is 0.865. The lowest BCUT2D eigenvalue weighted by Gasteiger charge is -2.28. The largest absolute Gasteiger partial charge is 0.346 e. The topological polar surface area (TPSA) is 52.7 Å². The van der Waals surface area contributed by atoms with Crippen molar-refractivity contribution in [1.82, 2.24) is 15.1 Å². The molecule has 1 atom stereocenters. The number of amides is 2. The van der Waals surface area contributed by atoms with Gasteiger partial charge in [0.1, 0.15) is 0 Å². The van der Waals surface area contributed by atoms with Gasteiger partial charge in [0.25, 0.3) is 0 Å². The zero-order valence-corrected chi connectivity index (χ0v) is 13.4. The Morgan fingerprint density at radius 3 is 2.64 bits per heavy atom. The van der Waals surface area contributed by atoms with E-state index in [1.807, 2.05) is 49.3 Å². The van der Waals surface area contributed by atoms with Crippen molar-refractivity contribution in [3.05, 3.63) is 35.9 Å². The molecule has 1 N–H and O–H groups in total. The summed E-state index contributed by atoms with van der Waals surface area (Å²) in [6.07, 6.45) is 2.48. The molecule has 1 aromatic rings. The van der Waals surface area contributed by atoms with Crippen molar-refractivity contribution in [2.75, 3.05) is 33.7 Å². The van der Waals surface area contributed by atoms with Gasteiger partial charge in [-0.15, -0.1) is 0 Å². The highest BCUT2D eigenvalue weighted by Crippen LogP contribution is 2.14. The predicted octanol–water partition coefficient (Wildman–Crippen LogP) is 1.42. The first-order chi connectivity index (χ1) is 10.6. The Balaban J connectivity index is 1.97. The zero-order chi connectivity index (χ0) is 15.9. The van der Waals surface area contributed by atoms with Crippen LogP contribution in [0.25, 0.3) is 0 Å². The molecular weight excluding hydrogens is 278 g/mol. The number of carbonyl (C=O) groups is 2. The Kier molecular flexibility index (Phi) is 5.95. The maximum Gasteiger partial charge on any atom is 0.240 e. The van der Waals surface area contributed by atoms with Crippen LogP contribution in [0.2, 0.25) is 0 Å². The molecule has 22 heavy (non-hydrogen) atoms. The second kappa shape index (κ2) is 7.94. The summed E-state index contributed by atoms with van der Waals surface area (Å²) in [6, 6.07) is 9.87. The van der Waals surface area contributed by atoms with Crippen LogP contribution < -0.4 is 5.32 Å². The van der Waals surface area contributed by atoms with Gasteiger partial charge in [-0.1, -0.05) is 30.3 Å². The van der Waals surface area contributed by atoms with Crippen LogP contribution in [-0.2, 0) is 9.59 Å². The minimum atomic E-state index is -0.0917. The molecule has 0 spiro atoms. The molecule has 0 saturated carbocycles. The fourth-order valence-corrected chi connectivity index (χ4v) is 2.73. The Morgan fingerprint density at radius 1 is 1.27 bits per heavy atom. The number of likely N-dealkylation sites (N-methyl/N-ethyl adjacent to an activating group) is 1. The Hall–Kier alpha value is -1.88. The first-order valence-electron chi connectivity index (χ1n) is 7.83. The van der Waals surface area contributed by atoms with E-state index in [0.29, 0.717) is 13.0 Å². The van der Waals surface area contributed by atoms with Crippen LogP contribution in [-0.4, -0.2) is 55.3 Å². The third-order valence-electron chi connectivity index (χ3n) is 3.84. The van der Waals surface area contributed by atoms with Crippen molar-refractivity contribution < 1.29 is 9.59 Å². The zero-order valence-electron chi connectivity index (χ0n) is 13.4. The smallest absolute Gasteiger partial charge is 0.240 e. The molecule has 0 aromatic heterocycles. The molecule has 2 rings (SSSR count). The van der Waals surface area contributed by atoms with Gasteiger partial charge in [-0.05, 0) is 32.5 Å². The number of hydrogen-bond donors (Lipinski definition) is 1. The number of benzene rings is 1. The van der Waals surface area contributed by atoms with Gasteiger partial charge in [-0.3, -0.25) is 9.59 Å². The van der Waals surface area contributed by atoms with Crippen molar-refractivity contribution in [2.24, 2.45) is 0 Å². The van der Waals surface area contributed by atoms with E-state index >= 15 is 0 Å². The van der Waals surface area contributed by atoms with Crippen LogP contribution in [0.3, 0.4) is 0 Å². The van der Waals surface area contributed by atoms with Crippen LogP contribution in [0, 0.1) is 0 Å². The van der Waals surface area contributed by atoms with E-state index in [4.69, 9.17) is 0 Å². The van der Waals surface area contributed by atoms with Crippen LogP contribution in [0.15, 0.2) is 30.3 Å². The molecule has 1 aromatic carbocycles. The summed E-state index contributed by atoms with van der Waals surface area (Å²) >= 11 is 0. The molecule has 1 unspecified atom stereocenters. The molecule has 0 bridgehead atoms. The average molecular weight is 303 g/mol. The van der Waals surface area contributed by atoms with E-state index in [1.54, 1.807) is 4.90 Å². The summed E-state index contributed by atoms with van der Waals surface area (Å²) in [5.41, 5.74) is 1.08. The molecule has 1 heterocycles. The molecule has 5 nitrogen and oxygen atoms in total. The fourth-order valence-electron chi connectivity index (χ4n) is 2.73. The van der Waals surface area contributed by atoms with Crippen LogP contribution in [0.1, 0.15) is 30.9 Å². The van der Waals surface area contributed by atoms with Gasteiger partial charge < -0.3 is 15.1 Å². The molecule has 1 saturated heterocycles. The number of nitrogens with one attached hydrogen (secondary N) is 1. The number of piperidine rings is 1. The van der Waals surface area contributed by atoms with Gasteiger partial charge in [-0.2, -0.15) is 0 Å². The van der Waals surface area contributed by atoms with Gasteiger partial charge in [-0.25, -0.2) is 0 Å². The van der Waals surface area contributed by atoms with E-state index in [9.17, 15) is 9.59 Å². The molecule has 2 amide bonds. The lowest BCUT2D eigenvalue weighted by Crippen LogP contribution is -2.45. The van der Waals surface area contributed by atoms with Crippen molar-refractivity contribution in [3.63, 3.8) is 0 Å². The summed E-state index contributed by atoms with van der Waals surface area (Å²) < 4.78 is 0. The molecule has 0 radical (unpaired) electrons. The number of nitrogens with zero attached hydrogens (tertiary/aromatic N) is 2. The van der Waals surface area contributed by atoms with Gasteiger partial charge in [0, 0.05) is 19.5 Å². The van der Waals surface area contributed by atoms with Gasteiger partial charge in [0.2, 0.25) is 11.8 Å². The van der Waals surface area contributed by atoms with Crippen molar-refractivity contribution in [1.29, 1.82) is 0 Å². The molecule has 0 aliphatic carbocycles. The maximum atomic E-state index is 12.3. The lowest BCUT2D eigenvalue weighted by molar-refractivity contribution is -0.138. The lowest BCUT2D eigenvalue weighted by atomic mass is 10.1. The van der Waals surface area contributed by atoms with Crippen LogP contribution >= 0.6 is 0 Å². The summed E-state index contributed by atoms with van der Waals surface area (Å²) in [5, 5.41) is 3.06. The molecule has 5 heteroatoms. The first-order valence-corrected chi connectivity index (χ1v) is 7.83. The fraction of sp³-hybridized carbons (Fsp3) is 0.529. The van der Waals surface area contributed by atoms with Gasteiger partial charge >= 0.3 is 0 Å². The predicted molar refractivity (Wildman–Crippen MR) is 86.3 cm³/mol. The molecular formula is C17H25N3O2. The summed E-state index contributed by atoms with van der Waals surface area (Å²) in [6.45, 7) is 1.58. The normalized spacial score (nSPS) is 16.7. The van der Waals surface area contributed by atoms with Gasteiger partial charge in [0.15, 0.2) is 0 Å². The Labute approximate surface area is 132 Å².